The molecule has 1 spiro atoms. The third kappa shape index (κ3) is 6.42. The highest BCUT2D eigenvalue weighted by Gasteiger charge is 2.79. The molecule has 1 unspecified atom stereocenters. The van der Waals surface area contributed by atoms with Crippen molar-refractivity contribution in [2.75, 3.05) is 72.1 Å². The van der Waals surface area contributed by atoms with Gasteiger partial charge in [0.25, 0.3) is 5.91 Å². The van der Waals surface area contributed by atoms with Gasteiger partial charge in [-0.05, 0) is 95.0 Å². The van der Waals surface area contributed by atoms with Crippen molar-refractivity contribution in [3.8, 4) is 5.75 Å². The van der Waals surface area contributed by atoms with Gasteiger partial charge in [-0.2, -0.15) is 0 Å². The summed E-state index contributed by atoms with van der Waals surface area (Å²) in [4.78, 5) is 41.0. The van der Waals surface area contributed by atoms with Crippen molar-refractivity contribution in [2.24, 2.45) is 11.3 Å². The number of aliphatic hydroxyl groups excluding tert-OH is 1. The van der Waals surface area contributed by atoms with Crippen molar-refractivity contribution in [3.63, 3.8) is 0 Å². The molecule has 2 aromatic carbocycles. The first-order valence-electron chi connectivity index (χ1n) is 23.6. The third-order valence-corrected chi connectivity index (χ3v) is 19.0. The van der Waals surface area contributed by atoms with Crippen LogP contribution in [-0.2, 0) is 45.2 Å². The molecule has 2 saturated heterocycles. The van der Waals surface area contributed by atoms with Crippen LogP contribution in [0, 0.1) is 11.3 Å². The van der Waals surface area contributed by atoms with E-state index in [2.05, 4.69) is 32.2 Å². The van der Waals surface area contributed by atoms with E-state index in [1.165, 1.54) is 14.0 Å². The Balaban J connectivity index is 1.30. The van der Waals surface area contributed by atoms with Crippen LogP contribution in [0.25, 0.3) is 10.9 Å². The summed E-state index contributed by atoms with van der Waals surface area (Å²) >= 11 is 0. The van der Waals surface area contributed by atoms with Gasteiger partial charge in [-0.25, -0.2) is 0 Å². The molecular formula is C49H68N5O10P. The molecule has 3 aromatic rings. The molecule has 2 bridgehead atoms. The first kappa shape index (κ1) is 46.3. The van der Waals surface area contributed by atoms with Gasteiger partial charge in [0.05, 0.1) is 39.1 Å². The maximum Gasteiger partial charge on any atom is 0.352 e. The van der Waals surface area contributed by atoms with Crippen LogP contribution in [0.5, 0.6) is 5.75 Å². The summed E-state index contributed by atoms with van der Waals surface area (Å²) < 4.78 is 37.7. The second-order valence-corrected chi connectivity index (χ2v) is 22.0. The number of rotatable bonds is 12. The van der Waals surface area contributed by atoms with E-state index in [9.17, 15) is 19.9 Å². The maximum atomic E-state index is 15.4. The number of piperidine rings is 1. The summed E-state index contributed by atoms with van der Waals surface area (Å²) in [6.07, 6.45) is 5.32. The maximum absolute atomic E-state index is 15.4. The predicted octanol–water partition coefficient (Wildman–Crippen LogP) is 4.98. The Labute approximate surface area is 382 Å². The number of carbonyl (C=O) groups is 2. The number of H-pyrrole nitrogens is 1. The fourth-order valence-electron chi connectivity index (χ4n) is 14.0. The molecule has 1 aliphatic carbocycles. The van der Waals surface area contributed by atoms with E-state index in [0.29, 0.717) is 88.2 Å². The molecule has 16 heteroatoms. The third-order valence-electron chi connectivity index (χ3n) is 16.6. The van der Waals surface area contributed by atoms with Crippen molar-refractivity contribution in [1.29, 1.82) is 0 Å². The molecule has 15 nitrogen and oxygen atoms in total. The van der Waals surface area contributed by atoms with Crippen LogP contribution in [0.1, 0.15) is 89.1 Å². The van der Waals surface area contributed by atoms with Crippen molar-refractivity contribution < 1.29 is 48.0 Å². The van der Waals surface area contributed by atoms with E-state index in [0.717, 1.165) is 27.7 Å². The number of likely N-dealkylation sites (N-methyl/N-ethyl adjacent to an activating group) is 1. The summed E-state index contributed by atoms with van der Waals surface area (Å²) in [7, 11) is 0.955. The molecule has 5 N–H and O–H groups in total. The zero-order chi connectivity index (χ0) is 46.5. The van der Waals surface area contributed by atoms with Crippen LogP contribution in [0.2, 0.25) is 0 Å². The first-order valence-corrected chi connectivity index (χ1v) is 25.2. The lowest BCUT2D eigenvalue weighted by molar-refractivity contribution is -0.203. The highest BCUT2D eigenvalue weighted by atomic mass is 31.2. The number of para-hydroxylation sites is 1. The Kier molecular flexibility index (Phi) is 11.7. The molecule has 3 fully saturated rings. The number of ether oxygens (including phenoxy) is 2. The number of aromatic nitrogens is 1. The molecule has 6 heterocycles. The van der Waals surface area contributed by atoms with Gasteiger partial charge in [0.15, 0.2) is 5.60 Å². The molecular weight excluding hydrogens is 850 g/mol. The minimum atomic E-state index is -3.90. The van der Waals surface area contributed by atoms with Crippen molar-refractivity contribution >= 4 is 36.1 Å². The molecule has 9 rings (SSSR count). The number of hydrogen-bond acceptors (Lipinski definition) is 13. The van der Waals surface area contributed by atoms with Crippen LogP contribution in [0.4, 0.5) is 5.69 Å². The van der Waals surface area contributed by atoms with E-state index in [1.807, 2.05) is 62.2 Å². The van der Waals surface area contributed by atoms with Gasteiger partial charge in [-0.15, -0.1) is 0 Å². The van der Waals surface area contributed by atoms with E-state index in [-0.39, 0.29) is 25.2 Å². The van der Waals surface area contributed by atoms with E-state index in [1.54, 1.807) is 21.0 Å². The number of nitrogens with zero attached hydrogens (tertiary/aromatic N) is 3. The molecule has 11 atom stereocenters. The average Bonchev–Trinajstić information content (AvgIpc) is 3.96. The summed E-state index contributed by atoms with van der Waals surface area (Å²) in [6.45, 7) is 12.2. The van der Waals surface area contributed by atoms with Crippen LogP contribution in [-0.4, -0.2) is 144 Å². The minimum absolute atomic E-state index is 0.0745. The highest BCUT2D eigenvalue weighted by molar-refractivity contribution is 7.54. The van der Waals surface area contributed by atoms with Crippen LogP contribution < -0.4 is 15.0 Å². The molecule has 6 aliphatic rings. The van der Waals surface area contributed by atoms with Crippen molar-refractivity contribution in [1.82, 2.24) is 20.1 Å². The van der Waals surface area contributed by atoms with Gasteiger partial charge in [-0.1, -0.05) is 44.2 Å². The molecule has 0 radical (unpaired) electrons. The first-order chi connectivity index (χ1) is 31.0. The Morgan fingerprint density at radius 3 is 2.42 bits per heavy atom. The topological polar surface area (TPSA) is 186 Å². The minimum Gasteiger partial charge on any atom is -0.496 e. The number of esters is 1. The molecule has 65 heavy (non-hydrogen) atoms. The average molecular weight is 918 g/mol. The lowest BCUT2D eigenvalue weighted by Gasteiger charge is -2.63. The second-order valence-electron chi connectivity index (χ2n) is 19.7. The van der Waals surface area contributed by atoms with Crippen LogP contribution >= 0.6 is 7.60 Å². The Bertz CT molecular complexity index is 2440. The SMILES string of the molecule is CCOP(=O)(OCC)[C@@H](C)NC(=O)[C@@]1(O)[C@H](O)[C@]2(CC)C=CCN3CC[C@@]4(c5cc([C@@]6(C(=O)OC)C[C@@H]7CN(CCc8c6[nH]c6ccccc86)C[C@](O)(CC)C7)c(OC)cc5N(C)[C@@H]14)[C@@H]32. The lowest BCUT2D eigenvalue weighted by Crippen LogP contribution is -2.82. The summed E-state index contributed by atoms with van der Waals surface area (Å²) in [6, 6.07) is 10.7. The summed E-state index contributed by atoms with van der Waals surface area (Å²) in [5, 5.41) is 42.4. The number of hydrogen-bond donors (Lipinski definition) is 5. The Morgan fingerprint density at radius 2 is 1.74 bits per heavy atom. The van der Waals surface area contributed by atoms with Gasteiger partial charge >= 0.3 is 13.6 Å². The number of aromatic amines is 1. The van der Waals surface area contributed by atoms with Gasteiger partial charge in [-0.3, -0.25) is 24.0 Å². The zero-order valence-electron chi connectivity index (χ0n) is 39.2. The zero-order valence-corrected chi connectivity index (χ0v) is 40.1. The number of amides is 1. The van der Waals surface area contributed by atoms with Gasteiger partial charge < -0.3 is 49.0 Å². The fourth-order valence-corrected chi connectivity index (χ4v) is 15.6. The Morgan fingerprint density at radius 1 is 1.00 bits per heavy atom. The smallest absolute Gasteiger partial charge is 0.352 e. The number of benzene rings is 2. The van der Waals surface area contributed by atoms with Crippen LogP contribution in [0.15, 0.2) is 48.6 Å². The number of anilines is 1. The van der Waals surface area contributed by atoms with Crippen LogP contribution in [0.3, 0.4) is 0 Å². The highest BCUT2D eigenvalue weighted by Crippen LogP contribution is 2.68. The normalized spacial score (nSPS) is 35.6. The monoisotopic (exact) mass is 917 g/mol. The molecule has 354 valence electrons. The van der Waals surface area contributed by atoms with E-state index < -0.39 is 64.8 Å². The number of aliphatic hydroxyl groups is 3. The van der Waals surface area contributed by atoms with Gasteiger partial charge in [0, 0.05) is 84.0 Å². The van der Waals surface area contributed by atoms with E-state index in [4.69, 9.17) is 18.5 Å². The largest absolute Gasteiger partial charge is 0.496 e. The molecule has 1 saturated carbocycles. The molecule has 1 amide bonds. The molecule has 5 aliphatic heterocycles. The fraction of sp³-hybridized carbons (Fsp3) is 0.633. The number of fused-ring (bicyclic) bond motifs is 6. The summed E-state index contributed by atoms with van der Waals surface area (Å²) in [5.74, 6) is -2.20. The standard InChI is InChI=1S/C49H68N5O10P/c1-9-45(58)26-31-27-48(44(57)62-8,39-33(18-22-53(28-31)29-45)32-16-13-14-17-36(32)51-39)35-24-34-37(25-38(35)61-7)52(6)41-47(34)20-23-54-21-15-19-46(10-2,40(47)54)42(55)49(41,59)43(56)50-30(5)65(60,63-11-3)64-12-4/h13-17,19,24-25,30-31,40-42,51,55,58-59H,9-12,18,20-23,26-29H2,1-8H3,(H,50,56)/t30-,31+,40-,41+,42+,45-,46+,47+,48-,49-/m0/s1. The van der Waals surface area contributed by atoms with Crippen molar-refractivity contribution in [3.05, 3.63) is 70.9 Å². The predicted molar refractivity (Wildman–Crippen MR) is 247 cm³/mol. The lowest BCUT2D eigenvalue weighted by atomic mass is 9.47. The quantitative estimate of drug-likeness (QED) is 0.0933. The van der Waals surface area contributed by atoms with Crippen molar-refractivity contribution in [2.45, 2.75) is 119 Å². The number of nitrogens with one attached hydrogen (secondary N) is 2. The second kappa shape index (κ2) is 16.5. The summed E-state index contributed by atoms with van der Waals surface area (Å²) in [5.41, 5.74) is -2.23. The Hall–Kier alpha value is -3.79. The van der Waals surface area contributed by atoms with Gasteiger partial charge in [0.1, 0.15) is 23.1 Å². The number of carbonyl (C=O) groups excluding carboxylic acids is 2. The number of methoxy groups -OCH3 is 2. The molecule has 1 aromatic heterocycles. The van der Waals surface area contributed by atoms with Gasteiger partial charge in [0.2, 0.25) is 0 Å². The van der Waals surface area contributed by atoms with E-state index >= 15 is 9.59 Å².